The van der Waals surface area contributed by atoms with Gasteiger partial charge in [0.1, 0.15) is 27.8 Å². The largest absolute Gasteiger partial charge is 0.457 e. The van der Waals surface area contributed by atoms with E-state index in [1.807, 2.05) is 0 Å². The van der Waals surface area contributed by atoms with Crippen molar-refractivity contribution in [2.24, 2.45) is 11.8 Å². The molecule has 2 aliphatic carbocycles. The third-order valence-corrected chi connectivity index (χ3v) is 13.1. The van der Waals surface area contributed by atoms with Gasteiger partial charge in [0.2, 0.25) is 0 Å². The molecule has 1 saturated heterocycles. The second-order valence-electron chi connectivity index (χ2n) is 10.9. The second-order valence-corrected chi connectivity index (χ2v) is 15.0. The van der Waals surface area contributed by atoms with Crippen molar-refractivity contribution in [3.05, 3.63) is 108 Å². The van der Waals surface area contributed by atoms with Gasteiger partial charge >= 0.3 is 0 Å². The van der Waals surface area contributed by atoms with Crippen LogP contribution in [0, 0.1) is 22.0 Å². The second kappa shape index (κ2) is 12.2. The van der Waals surface area contributed by atoms with Crippen molar-refractivity contribution in [3.8, 4) is 11.5 Å². The molecule has 6 rings (SSSR count). The highest BCUT2D eigenvalue weighted by atomic mass is 35.5. The fourth-order valence-electron chi connectivity index (χ4n) is 5.96. The molecule has 48 heavy (non-hydrogen) atoms. The van der Waals surface area contributed by atoms with Crippen molar-refractivity contribution in [1.82, 2.24) is 10.0 Å². The number of imide groups is 1. The Bertz CT molecular complexity index is 1930. The number of nitro benzene ring substituents is 1. The average Bonchev–Trinajstić information content (AvgIpc) is 3.42. The molecule has 1 aliphatic heterocycles. The van der Waals surface area contributed by atoms with Gasteiger partial charge < -0.3 is 4.74 Å². The van der Waals surface area contributed by atoms with Crippen LogP contribution in [0.3, 0.4) is 0 Å². The van der Waals surface area contributed by atoms with Gasteiger partial charge in [0.05, 0.1) is 37.4 Å². The zero-order valence-electron chi connectivity index (χ0n) is 23.4. The van der Waals surface area contributed by atoms with E-state index in [1.54, 1.807) is 0 Å². The van der Waals surface area contributed by atoms with Crippen LogP contribution in [0.25, 0.3) is 0 Å². The van der Waals surface area contributed by atoms with Crippen LogP contribution < -0.4 is 4.74 Å². The Balaban J connectivity index is 1.33. The summed E-state index contributed by atoms with van der Waals surface area (Å²) in [5.41, 5.74) is -0.259. The van der Waals surface area contributed by atoms with Gasteiger partial charge in [-0.05, 0) is 54.6 Å². The predicted octanol–water partition coefficient (Wildman–Crippen LogP) is 8.38. The number of hydrazine groups is 1. The lowest BCUT2D eigenvalue weighted by Gasteiger charge is -2.36. The number of nitro groups is 1. The van der Waals surface area contributed by atoms with E-state index in [0.717, 1.165) is 0 Å². The van der Waals surface area contributed by atoms with Crippen LogP contribution in [0.1, 0.15) is 20.7 Å². The van der Waals surface area contributed by atoms with Crippen LogP contribution >= 0.6 is 92.8 Å². The Labute approximate surface area is 311 Å². The summed E-state index contributed by atoms with van der Waals surface area (Å²) < 4.78 is 3.47. The standard InChI is InChI=1S/C30H15Cl8N3O7/c31-14-3-10-18(19(32)11-14)25(43)39(12-20(42)13-1-6-16(7-2-13)48-17-8-4-15(5-9-17)41(46)47)40-26(44)21-22(27(40)45)29(36)24(34)23(33)28(21,35)30(29,37)38/h1-11,21-22H,12H2/t21-,22-,28-,29-/m1/s1. The summed E-state index contributed by atoms with van der Waals surface area (Å²) in [6.07, 6.45) is 0. The summed E-state index contributed by atoms with van der Waals surface area (Å²) in [7, 11) is 0. The van der Waals surface area contributed by atoms with Crippen LogP contribution in [0.15, 0.2) is 76.8 Å². The number of benzene rings is 3. The van der Waals surface area contributed by atoms with Gasteiger partial charge in [0.25, 0.3) is 23.4 Å². The highest BCUT2D eigenvalue weighted by Crippen LogP contribution is 2.77. The van der Waals surface area contributed by atoms with E-state index in [9.17, 15) is 29.3 Å². The molecule has 3 amide bonds. The highest BCUT2D eigenvalue weighted by Gasteiger charge is 2.88. The maximum Gasteiger partial charge on any atom is 0.274 e. The van der Waals surface area contributed by atoms with Crippen LogP contribution in [0.2, 0.25) is 10.0 Å². The van der Waals surface area contributed by atoms with E-state index in [2.05, 4.69) is 0 Å². The number of carbonyl (C=O) groups is 4. The molecule has 0 aromatic heterocycles. The van der Waals surface area contributed by atoms with Gasteiger partial charge in [-0.1, -0.05) is 69.6 Å². The molecule has 3 aromatic rings. The highest BCUT2D eigenvalue weighted by molar-refractivity contribution is 6.66. The Kier molecular flexibility index (Phi) is 8.91. The summed E-state index contributed by atoms with van der Waals surface area (Å²) in [5, 5.41) is 11.4. The van der Waals surface area contributed by atoms with E-state index in [1.165, 1.54) is 66.7 Å². The van der Waals surface area contributed by atoms with Crippen molar-refractivity contribution in [1.29, 1.82) is 0 Å². The lowest BCUT2D eigenvalue weighted by atomic mass is 9.84. The average molecular weight is 813 g/mol. The van der Waals surface area contributed by atoms with Crippen LogP contribution in [0.5, 0.6) is 11.5 Å². The summed E-state index contributed by atoms with van der Waals surface area (Å²) in [6.45, 7) is -0.844. The molecular formula is C30H15Cl8N3O7. The maximum atomic E-state index is 14.1. The van der Waals surface area contributed by atoms with Crippen molar-refractivity contribution in [3.63, 3.8) is 0 Å². The Morgan fingerprint density at radius 2 is 1.31 bits per heavy atom. The molecule has 0 spiro atoms. The number of hydrogen-bond donors (Lipinski definition) is 0. The number of fused-ring (bicyclic) bond motifs is 5. The molecule has 3 aliphatic rings. The molecule has 1 saturated carbocycles. The number of ether oxygens (including phenoxy) is 1. The van der Waals surface area contributed by atoms with Crippen LogP contribution in [0.4, 0.5) is 5.69 Å². The minimum atomic E-state index is -2.22. The minimum Gasteiger partial charge on any atom is -0.457 e. The first-order valence-electron chi connectivity index (χ1n) is 13.5. The number of amides is 3. The lowest BCUT2D eigenvalue weighted by Crippen LogP contribution is -2.56. The summed E-state index contributed by atoms with van der Waals surface area (Å²) in [4.78, 5) is 61.9. The number of rotatable bonds is 8. The normalized spacial score (nSPS) is 25.4. The van der Waals surface area contributed by atoms with E-state index in [-0.39, 0.29) is 42.7 Å². The number of nitrogens with zero attached hydrogens (tertiary/aromatic N) is 3. The predicted molar refractivity (Wildman–Crippen MR) is 181 cm³/mol. The Morgan fingerprint density at radius 3 is 1.79 bits per heavy atom. The molecule has 2 fully saturated rings. The number of hydrogen-bond acceptors (Lipinski definition) is 7. The van der Waals surface area contributed by atoms with Crippen molar-refractivity contribution in [2.45, 2.75) is 14.1 Å². The third kappa shape index (κ3) is 4.99. The van der Waals surface area contributed by atoms with Crippen molar-refractivity contribution in [2.75, 3.05) is 6.54 Å². The fraction of sp³-hybridized carbons (Fsp3) is 0.200. The molecule has 0 radical (unpaired) electrons. The lowest BCUT2D eigenvalue weighted by molar-refractivity contribution is -0.384. The topological polar surface area (TPSA) is 127 Å². The van der Waals surface area contributed by atoms with Gasteiger partial charge in [-0.3, -0.25) is 29.3 Å². The van der Waals surface area contributed by atoms with E-state index in [0.29, 0.717) is 15.8 Å². The Morgan fingerprint density at radius 1 is 0.812 bits per heavy atom. The minimum absolute atomic E-state index is 0.0568. The zero-order chi connectivity index (χ0) is 35.1. The summed E-state index contributed by atoms with van der Waals surface area (Å²) in [6, 6.07) is 14.9. The maximum absolute atomic E-state index is 14.1. The number of carbonyl (C=O) groups excluding carboxylic acids is 4. The molecule has 4 atom stereocenters. The van der Waals surface area contributed by atoms with E-state index in [4.69, 9.17) is 97.5 Å². The molecule has 3 aromatic carbocycles. The number of Topliss-reactive ketones (excluding diaryl/α,β-unsaturated/α-hetero) is 1. The van der Waals surface area contributed by atoms with E-state index < -0.39 is 60.9 Å². The van der Waals surface area contributed by atoms with Crippen molar-refractivity contribution >= 4 is 122 Å². The van der Waals surface area contributed by atoms with Crippen LogP contribution in [-0.4, -0.2) is 59.1 Å². The SMILES string of the molecule is O=C(CN(C(=O)c1ccc(Cl)cc1Cl)N1C(=O)[C@H]2[C@H](C1=O)[C@@]1(Cl)C(Cl)=C(Cl)[C@@]2(Cl)C1(Cl)Cl)c1ccc(Oc2ccc([N+](=O)[O-])cc2)cc1. The van der Waals surface area contributed by atoms with Gasteiger partial charge in [-0.15, -0.1) is 23.2 Å². The first kappa shape index (κ1) is 35.0. The third-order valence-electron chi connectivity index (χ3n) is 8.28. The smallest absolute Gasteiger partial charge is 0.274 e. The van der Waals surface area contributed by atoms with Crippen LogP contribution in [-0.2, 0) is 9.59 Å². The molecule has 18 heteroatoms. The molecule has 10 nitrogen and oxygen atoms in total. The van der Waals surface area contributed by atoms with Gasteiger partial charge in [0.15, 0.2) is 10.1 Å². The fourth-order valence-corrected chi connectivity index (χ4v) is 9.38. The Hall–Kier alpha value is -2.80. The summed E-state index contributed by atoms with van der Waals surface area (Å²) >= 11 is 51.9. The molecule has 2 bridgehead atoms. The quantitative estimate of drug-likeness (QED) is 0.0736. The number of allylic oxidation sites excluding steroid dienone is 2. The molecule has 248 valence electrons. The number of alkyl halides is 4. The molecule has 0 N–H and O–H groups in total. The van der Waals surface area contributed by atoms with Crippen molar-refractivity contribution < 1.29 is 28.8 Å². The monoisotopic (exact) mass is 809 g/mol. The number of non-ortho nitro benzene ring substituents is 1. The van der Waals surface area contributed by atoms with Gasteiger partial charge in [-0.25, -0.2) is 5.01 Å². The molecule has 0 unspecified atom stereocenters. The zero-order valence-corrected chi connectivity index (χ0v) is 29.5. The molecule has 1 heterocycles. The summed E-state index contributed by atoms with van der Waals surface area (Å²) in [5.74, 6) is -6.42. The first-order valence-corrected chi connectivity index (χ1v) is 16.5. The van der Waals surface area contributed by atoms with Gasteiger partial charge in [-0.2, -0.15) is 5.01 Å². The van der Waals surface area contributed by atoms with Gasteiger partial charge in [0, 0.05) is 22.7 Å². The molecular weight excluding hydrogens is 798 g/mol. The van der Waals surface area contributed by atoms with E-state index >= 15 is 0 Å². The number of halogens is 8. The first-order chi connectivity index (χ1) is 22.5. The number of ketones is 1.